The highest BCUT2D eigenvalue weighted by molar-refractivity contribution is 6.27. The lowest BCUT2D eigenvalue weighted by molar-refractivity contribution is -0.112. The molecule has 0 bridgehead atoms. The summed E-state index contributed by atoms with van der Waals surface area (Å²) in [4.78, 5) is 13.1. The normalized spacial score (nSPS) is 11.3. The van der Waals surface area contributed by atoms with Gasteiger partial charge in [0, 0.05) is 6.42 Å². The van der Waals surface area contributed by atoms with E-state index in [4.69, 9.17) is 5.21 Å². The summed E-state index contributed by atoms with van der Waals surface area (Å²) in [6.07, 6.45) is 2.25. The van der Waals surface area contributed by atoms with Crippen LogP contribution in [0.3, 0.4) is 0 Å². The van der Waals surface area contributed by atoms with Crippen LogP contribution in [0.1, 0.15) is 26.7 Å². The maximum absolute atomic E-state index is 10.9. The first-order valence-corrected chi connectivity index (χ1v) is 4.67. The van der Waals surface area contributed by atoms with E-state index >= 15 is 0 Å². The highest BCUT2D eigenvalue weighted by Crippen LogP contribution is 1.94. The highest BCUT2D eigenvalue weighted by atomic mass is 16.4. The van der Waals surface area contributed by atoms with E-state index in [9.17, 15) is 4.79 Å². The second kappa shape index (κ2) is 7.73. The molecule has 0 saturated heterocycles. The highest BCUT2D eigenvalue weighted by Gasteiger charge is 2.01. The molecule has 76 valence electrons. The van der Waals surface area contributed by atoms with Crippen molar-refractivity contribution in [2.45, 2.75) is 26.7 Å². The number of nitrogens with zero attached hydrogens (tertiary/aromatic N) is 2. The molecule has 0 aliphatic heterocycles. The van der Waals surface area contributed by atoms with Crippen LogP contribution in [-0.4, -0.2) is 41.7 Å². The van der Waals surface area contributed by atoms with E-state index in [0.717, 1.165) is 32.3 Å². The first-order valence-electron chi connectivity index (χ1n) is 4.67. The predicted molar refractivity (Wildman–Crippen MR) is 52.3 cm³/mol. The topological polar surface area (TPSA) is 52.9 Å². The largest absolute Gasteiger partial charge is 0.411 e. The van der Waals surface area contributed by atoms with Gasteiger partial charge in [0.05, 0.1) is 0 Å². The number of ketones is 1. The summed E-state index contributed by atoms with van der Waals surface area (Å²) in [5, 5.41) is 10.8. The zero-order valence-corrected chi connectivity index (χ0v) is 8.36. The number of oxime groups is 1. The molecule has 0 spiro atoms. The zero-order valence-electron chi connectivity index (χ0n) is 8.36. The van der Waals surface area contributed by atoms with Gasteiger partial charge in [-0.2, -0.15) is 0 Å². The van der Waals surface area contributed by atoms with Gasteiger partial charge in [-0.3, -0.25) is 4.79 Å². The second-order valence-corrected chi connectivity index (χ2v) is 2.84. The van der Waals surface area contributed by atoms with Crippen LogP contribution >= 0.6 is 0 Å². The van der Waals surface area contributed by atoms with Crippen molar-refractivity contribution in [2.75, 3.05) is 19.6 Å². The molecule has 4 heteroatoms. The lowest BCUT2D eigenvalue weighted by Gasteiger charge is -2.16. The Labute approximate surface area is 79.2 Å². The van der Waals surface area contributed by atoms with Crippen molar-refractivity contribution in [3.63, 3.8) is 0 Å². The van der Waals surface area contributed by atoms with Crippen LogP contribution in [0, 0.1) is 0 Å². The molecule has 0 heterocycles. The van der Waals surface area contributed by atoms with Crippen LogP contribution < -0.4 is 0 Å². The van der Waals surface area contributed by atoms with E-state index in [-0.39, 0.29) is 5.78 Å². The van der Waals surface area contributed by atoms with Crippen LogP contribution in [0.15, 0.2) is 5.16 Å². The molecule has 0 rings (SSSR count). The molecule has 0 aromatic carbocycles. The summed E-state index contributed by atoms with van der Waals surface area (Å²) in [6, 6.07) is 0. The Balaban J connectivity index is 3.48. The third kappa shape index (κ3) is 6.28. The Morgan fingerprint density at radius 1 is 1.46 bits per heavy atom. The van der Waals surface area contributed by atoms with E-state index in [1.165, 1.54) is 0 Å². The number of Topliss-reactive ketones (excluding diaryl/α,β-unsaturated/α-hetero) is 1. The van der Waals surface area contributed by atoms with Crippen molar-refractivity contribution in [2.24, 2.45) is 5.16 Å². The van der Waals surface area contributed by atoms with Crippen molar-refractivity contribution < 1.29 is 10.0 Å². The molecule has 0 unspecified atom stereocenters. The minimum atomic E-state index is -0.116. The summed E-state index contributed by atoms with van der Waals surface area (Å²) in [5.74, 6) is -0.116. The molecule has 0 atom stereocenters. The van der Waals surface area contributed by atoms with Crippen molar-refractivity contribution in [3.05, 3.63) is 0 Å². The quantitative estimate of drug-likeness (QED) is 0.368. The van der Waals surface area contributed by atoms with Gasteiger partial charge in [-0.05, 0) is 26.1 Å². The molecular weight excluding hydrogens is 168 g/mol. The third-order valence-electron chi connectivity index (χ3n) is 1.99. The molecule has 0 saturated carbocycles. The Bertz CT molecular complexity index is 165. The number of hydrogen-bond acceptors (Lipinski definition) is 4. The van der Waals surface area contributed by atoms with Gasteiger partial charge in [-0.1, -0.05) is 19.0 Å². The smallest absolute Gasteiger partial charge is 0.177 e. The van der Waals surface area contributed by atoms with Gasteiger partial charge in [0.1, 0.15) is 6.21 Å². The zero-order chi connectivity index (χ0) is 10.1. The van der Waals surface area contributed by atoms with Crippen LogP contribution in [0.4, 0.5) is 0 Å². The van der Waals surface area contributed by atoms with Gasteiger partial charge in [0.25, 0.3) is 0 Å². The summed E-state index contributed by atoms with van der Waals surface area (Å²) in [6.45, 7) is 7.15. The van der Waals surface area contributed by atoms with Gasteiger partial charge in [0.15, 0.2) is 5.78 Å². The number of carbonyl (C=O) groups excluding carboxylic acids is 1. The van der Waals surface area contributed by atoms with Crippen molar-refractivity contribution in [1.82, 2.24) is 4.90 Å². The number of carbonyl (C=O) groups is 1. The fraction of sp³-hybridized carbons (Fsp3) is 0.778. The maximum atomic E-state index is 10.9. The second-order valence-electron chi connectivity index (χ2n) is 2.84. The van der Waals surface area contributed by atoms with Gasteiger partial charge in [-0.25, -0.2) is 0 Å². The van der Waals surface area contributed by atoms with E-state index in [2.05, 4.69) is 23.9 Å². The van der Waals surface area contributed by atoms with E-state index in [0.29, 0.717) is 6.42 Å². The average molecular weight is 186 g/mol. The minimum absolute atomic E-state index is 0.116. The lowest BCUT2D eigenvalue weighted by atomic mass is 10.2. The molecule has 0 amide bonds. The molecular formula is C9H18N2O2. The molecule has 13 heavy (non-hydrogen) atoms. The first kappa shape index (κ1) is 12.1. The molecule has 0 aliphatic carbocycles. The Morgan fingerprint density at radius 3 is 2.54 bits per heavy atom. The molecule has 0 aromatic heterocycles. The minimum Gasteiger partial charge on any atom is -0.411 e. The summed E-state index contributed by atoms with van der Waals surface area (Å²) in [7, 11) is 0. The van der Waals surface area contributed by atoms with Crippen molar-refractivity contribution >= 4 is 12.0 Å². The number of rotatable bonds is 7. The van der Waals surface area contributed by atoms with Gasteiger partial charge in [0.2, 0.25) is 0 Å². The molecule has 0 radical (unpaired) electrons. The van der Waals surface area contributed by atoms with E-state index < -0.39 is 0 Å². The average Bonchev–Trinajstić information content (AvgIpc) is 2.13. The van der Waals surface area contributed by atoms with Crippen LogP contribution in [0.5, 0.6) is 0 Å². The molecule has 0 aromatic rings. The Kier molecular flexibility index (Phi) is 7.20. The van der Waals surface area contributed by atoms with Crippen LogP contribution in [0.2, 0.25) is 0 Å². The lowest BCUT2D eigenvalue weighted by Crippen LogP contribution is -2.24. The summed E-state index contributed by atoms with van der Waals surface area (Å²) in [5.41, 5.74) is 0. The van der Waals surface area contributed by atoms with E-state index in [1.807, 2.05) is 0 Å². The van der Waals surface area contributed by atoms with E-state index in [1.54, 1.807) is 0 Å². The molecule has 1 N–H and O–H groups in total. The first-order chi connectivity index (χ1) is 6.24. The Morgan fingerprint density at radius 2 is 2.08 bits per heavy atom. The van der Waals surface area contributed by atoms with Gasteiger partial charge in [-0.15, -0.1) is 0 Å². The Hall–Kier alpha value is -0.900. The van der Waals surface area contributed by atoms with Gasteiger partial charge >= 0.3 is 0 Å². The van der Waals surface area contributed by atoms with Crippen molar-refractivity contribution in [1.29, 1.82) is 0 Å². The summed E-state index contributed by atoms with van der Waals surface area (Å²) < 4.78 is 0. The monoisotopic (exact) mass is 186 g/mol. The summed E-state index contributed by atoms with van der Waals surface area (Å²) >= 11 is 0. The standard InChI is InChI=1S/C9H18N2O2/c1-3-11(4-2)7-5-6-9(12)8-10-13/h8,13H,3-7H2,1-2H3/b10-8+. The predicted octanol–water partition coefficient (Wildman–Crippen LogP) is 1.14. The third-order valence-corrected chi connectivity index (χ3v) is 1.99. The molecule has 0 fully saturated rings. The fourth-order valence-electron chi connectivity index (χ4n) is 1.15. The number of hydrogen-bond donors (Lipinski definition) is 1. The molecule has 4 nitrogen and oxygen atoms in total. The SMILES string of the molecule is CCN(CC)CCCC(=O)/C=N/O. The van der Waals surface area contributed by atoms with Crippen LogP contribution in [0.25, 0.3) is 0 Å². The molecule has 0 aliphatic rings. The fourth-order valence-corrected chi connectivity index (χ4v) is 1.15. The van der Waals surface area contributed by atoms with Crippen molar-refractivity contribution in [3.8, 4) is 0 Å². The maximum Gasteiger partial charge on any atom is 0.177 e. The van der Waals surface area contributed by atoms with Crippen LogP contribution in [-0.2, 0) is 4.79 Å². The van der Waals surface area contributed by atoms with Gasteiger partial charge < -0.3 is 10.1 Å².